The van der Waals surface area contributed by atoms with Crippen molar-refractivity contribution >= 4 is 23.6 Å². The van der Waals surface area contributed by atoms with Crippen LogP contribution in [-0.4, -0.2) is 53.2 Å². The summed E-state index contributed by atoms with van der Waals surface area (Å²) in [5.41, 5.74) is 0.540. The molecule has 2 aromatic carbocycles. The molecule has 2 unspecified atom stereocenters. The number of anilines is 1. The number of nitrogens with zero attached hydrogens (tertiary/aromatic N) is 2. The molecule has 0 aliphatic rings. The third-order valence-electron chi connectivity index (χ3n) is 5.08. The Labute approximate surface area is 210 Å². The van der Waals surface area contributed by atoms with E-state index in [1.807, 2.05) is 6.07 Å². The summed E-state index contributed by atoms with van der Waals surface area (Å²) in [5.74, 6) is -0.630. The molecule has 3 N–H and O–H groups in total. The molecule has 192 valence electrons. The second-order valence-corrected chi connectivity index (χ2v) is 9.16. The molecule has 0 radical (unpaired) electrons. The summed E-state index contributed by atoms with van der Waals surface area (Å²) < 4.78 is 10.3. The first-order valence-corrected chi connectivity index (χ1v) is 11.3. The smallest absolute Gasteiger partial charge is 0.408 e. The van der Waals surface area contributed by atoms with Crippen LogP contribution in [-0.2, 0) is 14.3 Å². The number of phenols is 1. The Morgan fingerprint density at radius 3 is 2.31 bits per heavy atom. The van der Waals surface area contributed by atoms with E-state index in [0.29, 0.717) is 22.6 Å². The normalized spacial score (nSPS) is 12.5. The number of carbonyl (C=O) groups is 3. The van der Waals surface area contributed by atoms with Crippen molar-refractivity contribution in [2.24, 2.45) is 0 Å². The molecule has 0 aliphatic carbocycles. The highest BCUT2D eigenvalue weighted by atomic mass is 16.6. The molecule has 0 aromatic heterocycles. The number of methoxy groups -OCH3 is 1. The molecule has 2 atom stereocenters. The summed E-state index contributed by atoms with van der Waals surface area (Å²) in [6.45, 7) is 7.73. The fourth-order valence-electron chi connectivity index (χ4n) is 3.37. The highest BCUT2D eigenvalue weighted by Gasteiger charge is 2.35. The van der Waals surface area contributed by atoms with E-state index >= 15 is 0 Å². The van der Waals surface area contributed by atoms with Gasteiger partial charge in [-0.15, -0.1) is 0 Å². The molecule has 0 saturated heterocycles. The largest absolute Gasteiger partial charge is 0.508 e. The Morgan fingerprint density at radius 1 is 1.14 bits per heavy atom. The first kappa shape index (κ1) is 28.0. The number of rotatable bonds is 8. The molecule has 3 amide bonds. The van der Waals surface area contributed by atoms with Crippen LogP contribution >= 0.6 is 0 Å². The van der Waals surface area contributed by atoms with E-state index < -0.39 is 42.1 Å². The number of hydrogen-bond donors (Lipinski definition) is 3. The van der Waals surface area contributed by atoms with E-state index in [-0.39, 0.29) is 5.75 Å². The number of aromatic hydroxyl groups is 1. The zero-order valence-corrected chi connectivity index (χ0v) is 21.3. The van der Waals surface area contributed by atoms with Crippen LogP contribution in [0.15, 0.2) is 42.5 Å². The minimum atomic E-state index is -1.23. The number of ether oxygens (including phenoxy) is 2. The van der Waals surface area contributed by atoms with Crippen LogP contribution < -0.4 is 15.4 Å². The number of amides is 3. The SMILES string of the molecule is COc1ccc(NC(=O)C(c2ccc(O)c(C)c2)N(CC#N)C(=O)C(C)NC(=O)OC(C)(C)C)cc1. The molecule has 2 aromatic rings. The number of phenolic OH excluding ortho intramolecular Hbond substituents is 1. The second-order valence-electron chi connectivity index (χ2n) is 9.16. The van der Waals surface area contributed by atoms with Crippen LogP contribution in [0.4, 0.5) is 10.5 Å². The second kappa shape index (κ2) is 11.9. The summed E-state index contributed by atoms with van der Waals surface area (Å²) in [4.78, 5) is 40.2. The van der Waals surface area contributed by atoms with E-state index in [1.54, 1.807) is 58.0 Å². The van der Waals surface area contributed by atoms with Gasteiger partial charge >= 0.3 is 6.09 Å². The molecule has 2 rings (SSSR count). The van der Waals surface area contributed by atoms with E-state index in [9.17, 15) is 24.8 Å². The zero-order valence-electron chi connectivity index (χ0n) is 21.3. The Balaban J connectivity index is 2.42. The maximum absolute atomic E-state index is 13.5. The molecular weight excluding hydrogens is 464 g/mol. The number of nitrogens with one attached hydrogen (secondary N) is 2. The predicted molar refractivity (Wildman–Crippen MR) is 133 cm³/mol. The van der Waals surface area contributed by atoms with Gasteiger partial charge in [-0.25, -0.2) is 4.79 Å². The van der Waals surface area contributed by atoms with Crippen LogP contribution in [0.25, 0.3) is 0 Å². The van der Waals surface area contributed by atoms with Crippen LogP contribution in [0, 0.1) is 18.3 Å². The highest BCUT2D eigenvalue weighted by molar-refractivity contribution is 5.99. The van der Waals surface area contributed by atoms with Crippen molar-refractivity contribution < 1.29 is 29.0 Å². The Kier molecular flexibility index (Phi) is 9.27. The van der Waals surface area contributed by atoms with E-state index in [2.05, 4.69) is 10.6 Å². The minimum absolute atomic E-state index is 0.0196. The lowest BCUT2D eigenvalue weighted by molar-refractivity contribution is -0.139. The van der Waals surface area contributed by atoms with Gasteiger partial charge in [0.2, 0.25) is 5.91 Å². The van der Waals surface area contributed by atoms with Gasteiger partial charge in [-0.3, -0.25) is 9.59 Å². The third-order valence-corrected chi connectivity index (χ3v) is 5.08. The van der Waals surface area contributed by atoms with E-state index in [0.717, 1.165) is 4.90 Å². The summed E-state index contributed by atoms with van der Waals surface area (Å²) in [6.07, 6.45) is -0.806. The van der Waals surface area contributed by atoms with Crippen molar-refractivity contribution in [2.45, 2.75) is 52.3 Å². The van der Waals surface area contributed by atoms with Crippen molar-refractivity contribution in [1.29, 1.82) is 5.26 Å². The Bertz CT molecular complexity index is 1130. The fraction of sp³-hybridized carbons (Fsp3) is 0.385. The monoisotopic (exact) mass is 496 g/mol. The molecular formula is C26H32N4O6. The van der Waals surface area contributed by atoms with Crippen LogP contribution in [0.2, 0.25) is 0 Å². The number of nitriles is 1. The van der Waals surface area contributed by atoms with Crippen molar-refractivity contribution in [3.63, 3.8) is 0 Å². The van der Waals surface area contributed by atoms with Gasteiger partial charge in [0.05, 0.1) is 13.2 Å². The predicted octanol–water partition coefficient (Wildman–Crippen LogP) is 3.65. The van der Waals surface area contributed by atoms with Gasteiger partial charge in [-0.2, -0.15) is 5.26 Å². The molecule has 0 saturated carbocycles. The van der Waals surface area contributed by atoms with Crippen molar-refractivity contribution in [3.05, 3.63) is 53.6 Å². The van der Waals surface area contributed by atoms with Gasteiger partial charge in [0.25, 0.3) is 5.91 Å². The summed E-state index contributed by atoms with van der Waals surface area (Å²) in [5, 5.41) is 24.7. The van der Waals surface area contributed by atoms with Gasteiger partial charge in [0.1, 0.15) is 35.7 Å². The lowest BCUT2D eigenvalue weighted by atomic mass is 10.0. The molecule has 0 spiro atoms. The highest BCUT2D eigenvalue weighted by Crippen LogP contribution is 2.28. The summed E-state index contributed by atoms with van der Waals surface area (Å²) >= 11 is 0. The van der Waals surface area contributed by atoms with Crippen molar-refractivity contribution in [3.8, 4) is 17.6 Å². The van der Waals surface area contributed by atoms with Gasteiger partial charge in [0.15, 0.2) is 0 Å². The molecule has 36 heavy (non-hydrogen) atoms. The number of benzene rings is 2. The summed E-state index contributed by atoms with van der Waals surface area (Å²) in [7, 11) is 1.52. The summed E-state index contributed by atoms with van der Waals surface area (Å²) in [6, 6.07) is 10.7. The molecule has 10 nitrogen and oxygen atoms in total. The number of aryl methyl sites for hydroxylation is 1. The van der Waals surface area contributed by atoms with Gasteiger partial charge in [-0.1, -0.05) is 6.07 Å². The first-order chi connectivity index (χ1) is 16.9. The van der Waals surface area contributed by atoms with E-state index in [4.69, 9.17) is 9.47 Å². The van der Waals surface area contributed by atoms with Gasteiger partial charge < -0.3 is 30.1 Å². The maximum atomic E-state index is 13.5. The lowest BCUT2D eigenvalue weighted by Crippen LogP contribution is -2.51. The zero-order chi connectivity index (χ0) is 27.0. The van der Waals surface area contributed by atoms with Gasteiger partial charge in [0, 0.05) is 5.69 Å². The Hall–Kier alpha value is -4.26. The standard InChI is InChI=1S/C26H32N4O6/c1-16-15-18(7-12-21(16)31)22(23(32)29-19-8-10-20(35-6)11-9-19)30(14-13-27)24(33)17(2)28-25(34)36-26(3,4)5/h7-12,15,17,22,31H,14H2,1-6H3,(H,28,34)(H,29,32). The number of hydrogen-bond acceptors (Lipinski definition) is 7. The first-order valence-electron chi connectivity index (χ1n) is 11.3. The minimum Gasteiger partial charge on any atom is -0.508 e. The topological polar surface area (TPSA) is 141 Å². The number of carbonyl (C=O) groups excluding carboxylic acids is 3. The molecule has 10 heteroatoms. The molecule has 0 heterocycles. The van der Waals surface area contributed by atoms with Crippen LogP contribution in [0.1, 0.15) is 44.9 Å². The molecule has 0 bridgehead atoms. The van der Waals surface area contributed by atoms with Crippen molar-refractivity contribution in [1.82, 2.24) is 10.2 Å². The lowest BCUT2D eigenvalue weighted by Gasteiger charge is -2.32. The number of alkyl carbamates (subject to hydrolysis) is 1. The van der Waals surface area contributed by atoms with Gasteiger partial charge in [-0.05, 0) is 82.1 Å². The third kappa shape index (κ3) is 7.63. The molecule has 0 fully saturated rings. The fourth-order valence-corrected chi connectivity index (χ4v) is 3.37. The Morgan fingerprint density at radius 2 is 1.78 bits per heavy atom. The van der Waals surface area contributed by atoms with Crippen LogP contribution in [0.3, 0.4) is 0 Å². The maximum Gasteiger partial charge on any atom is 0.408 e. The average molecular weight is 497 g/mol. The van der Waals surface area contributed by atoms with Crippen LogP contribution in [0.5, 0.6) is 11.5 Å². The van der Waals surface area contributed by atoms with E-state index in [1.165, 1.54) is 26.2 Å². The van der Waals surface area contributed by atoms with Crippen molar-refractivity contribution in [2.75, 3.05) is 19.0 Å². The quantitative estimate of drug-likeness (QED) is 0.474. The average Bonchev–Trinajstić information content (AvgIpc) is 2.79. The molecule has 0 aliphatic heterocycles.